The van der Waals surface area contributed by atoms with E-state index in [-0.39, 0.29) is 0 Å². The van der Waals surface area contributed by atoms with Gasteiger partial charge < -0.3 is 15.5 Å². The Bertz CT molecular complexity index is 783. The number of hydrogen-bond donors (Lipinski definition) is 3. The molecule has 0 spiro atoms. The first-order chi connectivity index (χ1) is 10.7. The van der Waals surface area contributed by atoms with E-state index in [9.17, 15) is 14.7 Å². The Labute approximate surface area is 139 Å². The van der Waals surface area contributed by atoms with Gasteiger partial charge in [0.05, 0.1) is 5.34 Å². The average Bonchev–Trinajstić information content (AvgIpc) is 2.46. The molecule has 0 aliphatic carbocycles. The predicted octanol–water partition coefficient (Wildman–Crippen LogP) is 0.913. The molecule has 23 heavy (non-hydrogen) atoms. The summed E-state index contributed by atoms with van der Waals surface area (Å²) in [4.78, 5) is 26.5. The molecule has 0 unspecified atom stereocenters. The van der Waals surface area contributed by atoms with Gasteiger partial charge in [-0.2, -0.15) is 0 Å². The molecule has 0 aliphatic rings. The van der Waals surface area contributed by atoms with Crippen molar-refractivity contribution in [2.75, 3.05) is 0 Å². The Morgan fingerprint density at radius 3 is 2.48 bits per heavy atom. The van der Waals surface area contributed by atoms with E-state index in [0.717, 1.165) is 0 Å². The van der Waals surface area contributed by atoms with Gasteiger partial charge in [0.25, 0.3) is 5.91 Å². The highest BCUT2D eigenvalue weighted by molar-refractivity contribution is 6.51. The highest BCUT2D eigenvalue weighted by Gasteiger charge is 2.29. The minimum absolute atomic E-state index is 0.405. The van der Waals surface area contributed by atoms with Crippen molar-refractivity contribution in [1.29, 1.82) is 0 Å². The molecule has 0 saturated carbocycles. The van der Waals surface area contributed by atoms with E-state index in [1.165, 1.54) is 12.3 Å². The normalized spacial score (nSPS) is 11.0. The lowest BCUT2D eigenvalue weighted by atomic mass is 9.62. The molecular formula is C14H9B2ClN2O4. The Balaban J connectivity index is 2.29. The first-order valence-corrected chi connectivity index (χ1v) is 6.67. The second kappa shape index (κ2) is 6.34. The van der Waals surface area contributed by atoms with Gasteiger partial charge in [0, 0.05) is 16.8 Å². The number of pyridine rings is 1. The number of amides is 1. The van der Waals surface area contributed by atoms with Crippen molar-refractivity contribution < 1.29 is 19.8 Å². The van der Waals surface area contributed by atoms with E-state index in [4.69, 9.17) is 32.4 Å². The molecule has 1 heterocycles. The number of hydrogen-bond acceptors (Lipinski definition) is 4. The van der Waals surface area contributed by atoms with Crippen LogP contribution in [0.4, 0.5) is 0 Å². The van der Waals surface area contributed by atoms with Crippen LogP contribution in [0.2, 0.25) is 5.02 Å². The molecule has 1 aromatic carbocycles. The minimum Gasteiger partial charge on any atom is -0.505 e. The number of carboxylic acids is 1. The number of nitrogens with one attached hydrogen (secondary N) is 1. The molecule has 112 valence electrons. The number of benzene rings is 1. The fraction of sp³-hybridized carbons (Fsp3) is 0.0714. The highest BCUT2D eigenvalue weighted by Crippen LogP contribution is 2.26. The van der Waals surface area contributed by atoms with Crippen LogP contribution in [-0.4, -0.2) is 48.1 Å². The third-order valence-electron chi connectivity index (χ3n) is 2.91. The smallest absolute Gasteiger partial charge is 0.310 e. The third-order valence-corrected chi connectivity index (χ3v) is 3.15. The maximum atomic E-state index is 11.9. The number of carbonyl (C=O) groups excluding carboxylic acids is 1. The topological polar surface area (TPSA) is 99.5 Å². The molecule has 0 atom stereocenters. The second-order valence-corrected chi connectivity index (χ2v) is 5.17. The lowest BCUT2D eigenvalue weighted by Gasteiger charge is -2.22. The first kappa shape index (κ1) is 16.9. The van der Waals surface area contributed by atoms with Gasteiger partial charge in [-0.25, -0.2) is 4.98 Å². The molecule has 3 N–H and O–H groups in total. The maximum Gasteiger partial charge on any atom is 0.310 e. The van der Waals surface area contributed by atoms with Gasteiger partial charge in [-0.05, 0) is 23.8 Å². The van der Waals surface area contributed by atoms with Crippen molar-refractivity contribution in [3.8, 4) is 16.9 Å². The van der Waals surface area contributed by atoms with Gasteiger partial charge in [0.2, 0.25) is 0 Å². The monoisotopic (exact) mass is 326 g/mol. The van der Waals surface area contributed by atoms with E-state index >= 15 is 0 Å². The summed E-state index contributed by atoms with van der Waals surface area (Å²) in [6.07, 6.45) is 1.33. The zero-order valence-corrected chi connectivity index (χ0v) is 12.4. The fourth-order valence-electron chi connectivity index (χ4n) is 1.75. The van der Waals surface area contributed by atoms with Crippen molar-refractivity contribution in [3.63, 3.8) is 0 Å². The molecule has 2 aromatic rings. The number of carboxylic acid groups (broad SMARTS) is 1. The molecule has 4 radical (unpaired) electrons. The molecule has 1 amide bonds. The summed E-state index contributed by atoms with van der Waals surface area (Å²) in [7, 11) is 10.4. The molecule has 2 rings (SSSR count). The van der Waals surface area contributed by atoms with Crippen molar-refractivity contribution in [1.82, 2.24) is 10.3 Å². The number of nitrogens with zero attached hydrogens (tertiary/aromatic N) is 1. The van der Waals surface area contributed by atoms with Gasteiger partial charge in [0.1, 0.15) is 21.4 Å². The van der Waals surface area contributed by atoms with Crippen LogP contribution in [0.3, 0.4) is 0 Å². The quantitative estimate of drug-likeness (QED) is 0.725. The van der Waals surface area contributed by atoms with Crippen LogP contribution in [-0.2, 0) is 4.79 Å². The van der Waals surface area contributed by atoms with Crippen LogP contribution in [0.25, 0.3) is 11.1 Å². The Morgan fingerprint density at radius 1 is 1.22 bits per heavy atom. The Kier molecular flexibility index (Phi) is 4.65. The molecule has 0 aliphatic heterocycles. The van der Waals surface area contributed by atoms with Crippen LogP contribution in [0.15, 0.2) is 36.5 Å². The second-order valence-electron chi connectivity index (χ2n) is 4.73. The van der Waals surface area contributed by atoms with Crippen LogP contribution in [0, 0.1) is 0 Å². The van der Waals surface area contributed by atoms with E-state index in [2.05, 4.69) is 4.98 Å². The standard InChI is InChI=1S/C14H9B2ClN2O4/c15-14(16,13(22)23)19-12(21)11-10(20)5-8(6-18-11)7-2-1-3-9(17)4-7/h1-6,20H,(H,19,21)(H,22,23). The van der Waals surface area contributed by atoms with Crippen LogP contribution in [0.5, 0.6) is 5.75 Å². The van der Waals surface area contributed by atoms with E-state index in [0.29, 0.717) is 16.1 Å². The number of carbonyl (C=O) groups is 2. The summed E-state index contributed by atoms with van der Waals surface area (Å²) in [5.74, 6) is -3.12. The summed E-state index contributed by atoms with van der Waals surface area (Å²) >= 11 is 5.89. The summed E-state index contributed by atoms with van der Waals surface area (Å²) in [6.45, 7) is 0. The van der Waals surface area contributed by atoms with Crippen molar-refractivity contribution in [2.24, 2.45) is 0 Å². The van der Waals surface area contributed by atoms with E-state index in [1.807, 2.05) is 5.32 Å². The number of aromatic hydroxyl groups is 1. The number of aliphatic carboxylic acids is 1. The summed E-state index contributed by atoms with van der Waals surface area (Å²) < 4.78 is 0. The highest BCUT2D eigenvalue weighted by atomic mass is 35.5. The molecule has 0 fully saturated rings. The van der Waals surface area contributed by atoms with E-state index < -0.39 is 28.7 Å². The SMILES string of the molecule is [B]C([B])(NC(=O)c1ncc(-c2cccc(Cl)c2)cc1O)C(=O)O. The molecule has 1 aromatic heterocycles. The molecule has 6 nitrogen and oxygen atoms in total. The number of aromatic nitrogens is 1. The van der Waals surface area contributed by atoms with Crippen LogP contribution >= 0.6 is 11.6 Å². The summed E-state index contributed by atoms with van der Waals surface area (Å²) in [5, 5.41) is 18.6. The third kappa shape index (κ3) is 3.84. The minimum atomic E-state index is -2.48. The predicted molar refractivity (Wildman–Crippen MR) is 85.7 cm³/mol. The molecule has 9 heteroatoms. The van der Waals surface area contributed by atoms with Crippen LogP contribution in [0.1, 0.15) is 10.5 Å². The molecule has 0 bridgehead atoms. The van der Waals surface area contributed by atoms with Crippen molar-refractivity contribution >= 4 is 39.2 Å². The lowest BCUT2D eigenvalue weighted by Crippen LogP contribution is -2.55. The largest absolute Gasteiger partial charge is 0.505 e. The van der Waals surface area contributed by atoms with Gasteiger partial charge >= 0.3 is 5.97 Å². The number of rotatable bonds is 4. The van der Waals surface area contributed by atoms with Gasteiger partial charge in [-0.15, -0.1) is 0 Å². The summed E-state index contributed by atoms with van der Waals surface area (Å²) in [6, 6.07) is 8.11. The van der Waals surface area contributed by atoms with Gasteiger partial charge in [-0.3, -0.25) is 9.59 Å². The fourth-order valence-corrected chi connectivity index (χ4v) is 1.94. The van der Waals surface area contributed by atoms with Crippen molar-refractivity contribution in [2.45, 2.75) is 5.34 Å². The average molecular weight is 326 g/mol. The first-order valence-electron chi connectivity index (χ1n) is 6.29. The zero-order chi connectivity index (χ0) is 17.2. The lowest BCUT2D eigenvalue weighted by molar-refractivity contribution is -0.138. The Hall–Kier alpha value is -2.47. The summed E-state index contributed by atoms with van der Waals surface area (Å²) in [5.41, 5.74) is 0.800. The molecular weight excluding hydrogens is 317 g/mol. The van der Waals surface area contributed by atoms with Gasteiger partial charge in [-0.1, -0.05) is 23.7 Å². The zero-order valence-electron chi connectivity index (χ0n) is 11.7. The van der Waals surface area contributed by atoms with Crippen molar-refractivity contribution in [3.05, 3.63) is 47.2 Å². The van der Waals surface area contributed by atoms with Gasteiger partial charge in [0.15, 0.2) is 5.69 Å². The number of halogens is 1. The Morgan fingerprint density at radius 2 is 1.91 bits per heavy atom. The van der Waals surface area contributed by atoms with E-state index in [1.54, 1.807) is 24.3 Å². The maximum absolute atomic E-state index is 11.9. The van der Waals surface area contributed by atoms with Crippen LogP contribution < -0.4 is 5.32 Å². The molecule has 0 saturated heterocycles.